The van der Waals surface area contributed by atoms with Crippen LogP contribution in [0.5, 0.6) is 0 Å². The van der Waals surface area contributed by atoms with Crippen LogP contribution in [0.25, 0.3) is 0 Å². The van der Waals surface area contributed by atoms with Crippen molar-refractivity contribution in [2.75, 3.05) is 0 Å². The van der Waals surface area contributed by atoms with Crippen molar-refractivity contribution in [1.29, 1.82) is 0 Å². The molecule has 3 nitrogen and oxygen atoms in total. The van der Waals surface area contributed by atoms with Gasteiger partial charge in [-0.15, -0.1) is 0 Å². The molecule has 1 aromatic heterocycles. The van der Waals surface area contributed by atoms with E-state index < -0.39 is 0 Å². The largest absolute Gasteiger partial charge is 0.324 e. The van der Waals surface area contributed by atoms with E-state index in [1.54, 1.807) is 16.9 Å². The Morgan fingerprint density at radius 2 is 2.28 bits per heavy atom. The second-order valence-electron chi connectivity index (χ2n) is 4.22. The third-order valence-electron chi connectivity index (χ3n) is 2.86. The Hall–Kier alpha value is -1.39. The molecule has 0 radical (unpaired) electrons. The molecule has 18 heavy (non-hydrogen) atoms. The number of nitrogens with two attached hydrogens (primary N) is 1. The zero-order chi connectivity index (χ0) is 13.1. The first-order chi connectivity index (χ1) is 8.60. The Morgan fingerprint density at radius 3 is 3.00 bits per heavy atom. The van der Waals surface area contributed by atoms with E-state index in [2.05, 4.69) is 5.10 Å². The first kappa shape index (κ1) is 13.1. The lowest BCUT2D eigenvalue weighted by Crippen LogP contribution is -2.07. The average molecular weight is 268 g/mol. The Morgan fingerprint density at radius 1 is 1.50 bits per heavy atom. The lowest BCUT2D eigenvalue weighted by Gasteiger charge is -2.05. The van der Waals surface area contributed by atoms with Gasteiger partial charge in [0.1, 0.15) is 5.82 Å². The third kappa shape index (κ3) is 2.89. The van der Waals surface area contributed by atoms with Gasteiger partial charge in [0.15, 0.2) is 0 Å². The highest BCUT2D eigenvalue weighted by Gasteiger charge is 2.08. The molecule has 1 unspecified atom stereocenters. The molecule has 0 aliphatic carbocycles. The van der Waals surface area contributed by atoms with Gasteiger partial charge in [0.2, 0.25) is 0 Å². The summed E-state index contributed by atoms with van der Waals surface area (Å²) in [4.78, 5) is 0. The van der Waals surface area contributed by atoms with Gasteiger partial charge in [0.05, 0.1) is 12.7 Å². The number of hydrogen-bond acceptors (Lipinski definition) is 2. The van der Waals surface area contributed by atoms with Crippen molar-refractivity contribution in [3.63, 3.8) is 0 Å². The van der Waals surface area contributed by atoms with E-state index in [0.717, 1.165) is 12.0 Å². The molecule has 0 saturated heterocycles. The minimum Gasteiger partial charge on any atom is -0.324 e. The first-order valence-electron chi connectivity index (χ1n) is 5.82. The Labute approximate surface area is 110 Å². The monoisotopic (exact) mass is 267 g/mol. The van der Waals surface area contributed by atoms with E-state index in [-0.39, 0.29) is 11.9 Å². The molecule has 5 heteroatoms. The molecule has 0 aliphatic rings. The van der Waals surface area contributed by atoms with Crippen LogP contribution >= 0.6 is 11.6 Å². The van der Waals surface area contributed by atoms with Crippen molar-refractivity contribution in [2.24, 2.45) is 5.73 Å². The van der Waals surface area contributed by atoms with E-state index in [9.17, 15) is 4.39 Å². The molecule has 1 aromatic carbocycles. The van der Waals surface area contributed by atoms with Crippen molar-refractivity contribution >= 4 is 11.6 Å². The fourth-order valence-electron chi connectivity index (χ4n) is 1.73. The average Bonchev–Trinajstić information content (AvgIpc) is 2.81. The molecule has 1 atom stereocenters. The molecule has 96 valence electrons. The molecule has 0 bridgehead atoms. The molecular weight excluding hydrogens is 253 g/mol. The third-order valence-corrected chi connectivity index (χ3v) is 3.10. The van der Waals surface area contributed by atoms with Gasteiger partial charge in [-0.3, -0.25) is 4.68 Å². The number of nitrogens with zero attached hydrogens (tertiary/aromatic N) is 2. The van der Waals surface area contributed by atoms with Crippen LogP contribution in [0.3, 0.4) is 0 Å². The van der Waals surface area contributed by atoms with Gasteiger partial charge in [-0.25, -0.2) is 4.39 Å². The molecule has 0 amide bonds. The van der Waals surface area contributed by atoms with Gasteiger partial charge in [-0.2, -0.15) is 5.10 Å². The Bertz CT molecular complexity index is 539. The molecule has 2 aromatic rings. The summed E-state index contributed by atoms with van der Waals surface area (Å²) >= 11 is 5.84. The van der Waals surface area contributed by atoms with Gasteiger partial charge >= 0.3 is 0 Å². The van der Waals surface area contributed by atoms with E-state index >= 15 is 0 Å². The second kappa shape index (κ2) is 5.50. The van der Waals surface area contributed by atoms with Gasteiger partial charge in [-0.05, 0) is 24.6 Å². The predicted molar refractivity (Wildman–Crippen MR) is 70.0 cm³/mol. The highest BCUT2D eigenvalue weighted by molar-refractivity contribution is 6.30. The van der Waals surface area contributed by atoms with Crippen molar-refractivity contribution < 1.29 is 4.39 Å². The van der Waals surface area contributed by atoms with E-state index in [0.29, 0.717) is 17.1 Å². The molecule has 2 N–H and O–H groups in total. The Kier molecular flexibility index (Phi) is 3.99. The van der Waals surface area contributed by atoms with Gasteiger partial charge in [0.25, 0.3) is 0 Å². The standard InChI is InChI=1S/C13H15ClFN3/c1-2-13(16)10-6-17-18(8-10)7-9-5-11(14)3-4-12(9)15/h3-6,8,13H,2,7,16H2,1H3. The number of rotatable bonds is 4. The van der Waals surface area contributed by atoms with E-state index in [1.807, 2.05) is 13.1 Å². The van der Waals surface area contributed by atoms with Crippen LogP contribution in [0.15, 0.2) is 30.6 Å². The first-order valence-corrected chi connectivity index (χ1v) is 6.19. The number of aromatic nitrogens is 2. The summed E-state index contributed by atoms with van der Waals surface area (Å²) in [7, 11) is 0. The van der Waals surface area contributed by atoms with Gasteiger partial charge in [0, 0.05) is 28.4 Å². The summed E-state index contributed by atoms with van der Waals surface area (Å²) in [6.45, 7) is 2.36. The SMILES string of the molecule is CCC(N)c1cnn(Cc2cc(Cl)ccc2F)c1. The van der Waals surface area contributed by atoms with E-state index in [1.165, 1.54) is 12.1 Å². The molecule has 2 rings (SSSR count). The zero-order valence-electron chi connectivity index (χ0n) is 10.1. The van der Waals surface area contributed by atoms with Gasteiger partial charge < -0.3 is 5.73 Å². The highest BCUT2D eigenvalue weighted by Crippen LogP contribution is 2.17. The van der Waals surface area contributed by atoms with Crippen LogP contribution in [-0.2, 0) is 6.54 Å². The maximum Gasteiger partial charge on any atom is 0.128 e. The van der Waals surface area contributed by atoms with Crippen LogP contribution in [0, 0.1) is 5.82 Å². The van der Waals surface area contributed by atoms with Crippen molar-refractivity contribution in [3.05, 3.63) is 52.6 Å². The van der Waals surface area contributed by atoms with Crippen LogP contribution in [0.1, 0.15) is 30.5 Å². The second-order valence-corrected chi connectivity index (χ2v) is 4.66. The molecule has 0 saturated carbocycles. The fourth-order valence-corrected chi connectivity index (χ4v) is 1.93. The Balaban J connectivity index is 2.18. The number of halogens is 2. The molecule has 0 aliphatic heterocycles. The van der Waals surface area contributed by atoms with Crippen LogP contribution < -0.4 is 5.73 Å². The minimum atomic E-state index is -0.281. The maximum absolute atomic E-state index is 13.6. The predicted octanol–water partition coefficient (Wildman–Crippen LogP) is 3.13. The van der Waals surface area contributed by atoms with Crippen molar-refractivity contribution in [1.82, 2.24) is 9.78 Å². The topological polar surface area (TPSA) is 43.8 Å². The zero-order valence-corrected chi connectivity index (χ0v) is 10.9. The molecule has 0 spiro atoms. The number of hydrogen-bond donors (Lipinski definition) is 1. The highest BCUT2D eigenvalue weighted by atomic mass is 35.5. The summed E-state index contributed by atoms with van der Waals surface area (Å²) in [6, 6.07) is 4.47. The van der Waals surface area contributed by atoms with Gasteiger partial charge in [-0.1, -0.05) is 18.5 Å². The van der Waals surface area contributed by atoms with Crippen molar-refractivity contribution in [2.45, 2.75) is 25.9 Å². The molecular formula is C13H15ClFN3. The number of benzene rings is 1. The quantitative estimate of drug-likeness (QED) is 0.925. The molecule has 0 fully saturated rings. The fraction of sp³-hybridized carbons (Fsp3) is 0.308. The van der Waals surface area contributed by atoms with E-state index in [4.69, 9.17) is 17.3 Å². The smallest absolute Gasteiger partial charge is 0.128 e. The maximum atomic E-state index is 13.6. The summed E-state index contributed by atoms with van der Waals surface area (Å²) in [5.74, 6) is -0.281. The summed E-state index contributed by atoms with van der Waals surface area (Å²) < 4.78 is 15.2. The lowest BCUT2D eigenvalue weighted by atomic mass is 10.1. The summed E-state index contributed by atoms with van der Waals surface area (Å²) in [5, 5.41) is 4.70. The van der Waals surface area contributed by atoms with Crippen LogP contribution in [0.4, 0.5) is 4.39 Å². The van der Waals surface area contributed by atoms with Crippen LogP contribution in [0.2, 0.25) is 5.02 Å². The summed E-state index contributed by atoms with van der Waals surface area (Å²) in [6.07, 6.45) is 4.41. The summed E-state index contributed by atoms with van der Waals surface area (Å²) in [5.41, 5.74) is 7.38. The van der Waals surface area contributed by atoms with Crippen molar-refractivity contribution in [3.8, 4) is 0 Å². The normalized spacial score (nSPS) is 12.7. The van der Waals surface area contributed by atoms with Crippen LogP contribution in [-0.4, -0.2) is 9.78 Å². The molecule has 1 heterocycles. The minimum absolute atomic E-state index is 0.0250. The lowest BCUT2D eigenvalue weighted by molar-refractivity contribution is 0.584.